The molecule has 1 saturated heterocycles. The maximum absolute atomic E-state index is 13.6. The molecule has 0 atom stereocenters. The third-order valence-corrected chi connectivity index (χ3v) is 4.72. The lowest BCUT2D eigenvalue weighted by Gasteiger charge is -2.15. The predicted molar refractivity (Wildman–Crippen MR) is 61.0 cm³/mol. The monoisotopic (exact) mass is 274 g/mol. The molecule has 0 unspecified atom stereocenters. The fraction of sp³-hybridized carbons (Fsp3) is 0.400. The molecule has 0 amide bonds. The van der Waals surface area contributed by atoms with E-state index in [1.165, 1.54) is 0 Å². The van der Waals surface area contributed by atoms with E-state index in [1.54, 1.807) is 0 Å². The first-order valence-electron chi connectivity index (χ1n) is 5.37. The van der Waals surface area contributed by atoms with Crippen molar-refractivity contribution in [3.8, 4) is 0 Å². The van der Waals surface area contributed by atoms with Crippen LogP contribution in [0.15, 0.2) is 23.1 Å². The highest BCUT2D eigenvalue weighted by Crippen LogP contribution is 2.26. The van der Waals surface area contributed by atoms with Crippen molar-refractivity contribution in [2.45, 2.75) is 17.7 Å². The lowest BCUT2D eigenvalue weighted by atomic mass is 10.3. The zero-order valence-corrected chi connectivity index (χ0v) is 10.2. The van der Waals surface area contributed by atoms with Crippen molar-refractivity contribution in [3.05, 3.63) is 34.1 Å². The van der Waals surface area contributed by atoms with Gasteiger partial charge in [0.1, 0.15) is 10.7 Å². The van der Waals surface area contributed by atoms with Gasteiger partial charge in [0, 0.05) is 25.2 Å². The third kappa shape index (κ3) is 2.21. The number of sulfonamides is 1. The first-order valence-corrected chi connectivity index (χ1v) is 6.81. The SMILES string of the molecule is O=[N+]([O-])c1ccc(F)c(S(=O)(=O)N2CCCC2)c1. The summed E-state index contributed by atoms with van der Waals surface area (Å²) in [6.45, 7) is 0.648. The number of hydrogen-bond acceptors (Lipinski definition) is 4. The summed E-state index contributed by atoms with van der Waals surface area (Å²) in [5.41, 5.74) is -0.436. The third-order valence-electron chi connectivity index (χ3n) is 2.81. The van der Waals surface area contributed by atoms with E-state index < -0.39 is 31.3 Å². The summed E-state index contributed by atoms with van der Waals surface area (Å²) in [6, 6.07) is 2.52. The van der Waals surface area contributed by atoms with Crippen LogP contribution in [0.3, 0.4) is 0 Å². The molecule has 8 heteroatoms. The van der Waals surface area contributed by atoms with Crippen LogP contribution in [0.25, 0.3) is 0 Å². The van der Waals surface area contributed by atoms with Gasteiger partial charge in [0.05, 0.1) is 4.92 Å². The number of benzene rings is 1. The van der Waals surface area contributed by atoms with Crippen LogP contribution < -0.4 is 0 Å². The molecule has 1 aromatic rings. The Morgan fingerprint density at radius 2 is 1.89 bits per heavy atom. The van der Waals surface area contributed by atoms with Crippen LogP contribution in [0, 0.1) is 15.9 Å². The maximum Gasteiger partial charge on any atom is 0.270 e. The number of non-ortho nitro benzene ring substituents is 1. The van der Waals surface area contributed by atoms with E-state index in [-0.39, 0.29) is 0 Å². The Labute approximate surface area is 103 Å². The van der Waals surface area contributed by atoms with Crippen molar-refractivity contribution in [2.75, 3.05) is 13.1 Å². The zero-order chi connectivity index (χ0) is 13.3. The van der Waals surface area contributed by atoms with Crippen molar-refractivity contribution in [1.29, 1.82) is 0 Å². The van der Waals surface area contributed by atoms with E-state index in [0.29, 0.717) is 13.1 Å². The highest BCUT2D eigenvalue weighted by Gasteiger charge is 2.31. The molecular weight excluding hydrogens is 263 g/mol. The quantitative estimate of drug-likeness (QED) is 0.618. The largest absolute Gasteiger partial charge is 0.270 e. The minimum absolute atomic E-state index is 0.324. The molecule has 0 spiro atoms. The van der Waals surface area contributed by atoms with Crippen LogP contribution in [0.5, 0.6) is 0 Å². The van der Waals surface area contributed by atoms with Crippen LogP contribution in [-0.2, 0) is 10.0 Å². The van der Waals surface area contributed by atoms with Crippen molar-refractivity contribution >= 4 is 15.7 Å². The van der Waals surface area contributed by atoms with Gasteiger partial charge in [-0.25, -0.2) is 12.8 Å². The van der Waals surface area contributed by atoms with E-state index in [0.717, 1.165) is 35.3 Å². The van der Waals surface area contributed by atoms with E-state index in [4.69, 9.17) is 0 Å². The molecular formula is C10H11FN2O4S. The van der Waals surface area contributed by atoms with Gasteiger partial charge in [0.2, 0.25) is 10.0 Å². The second-order valence-corrected chi connectivity index (χ2v) is 5.89. The van der Waals surface area contributed by atoms with Gasteiger partial charge in [-0.1, -0.05) is 0 Å². The summed E-state index contributed by atoms with van der Waals surface area (Å²) in [6.07, 6.45) is 1.44. The van der Waals surface area contributed by atoms with Gasteiger partial charge < -0.3 is 0 Å². The molecule has 0 aromatic heterocycles. The predicted octanol–water partition coefficient (Wildman–Crippen LogP) is 1.52. The second kappa shape index (κ2) is 4.62. The van der Waals surface area contributed by atoms with Crippen LogP contribution in [0.2, 0.25) is 0 Å². The standard InChI is InChI=1S/C10H11FN2O4S/c11-9-4-3-8(13(14)15)7-10(9)18(16,17)12-5-1-2-6-12/h3-4,7H,1-2,5-6H2. The average molecular weight is 274 g/mol. The topological polar surface area (TPSA) is 80.5 Å². The fourth-order valence-electron chi connectivity index (χ4n) is 1.87. The first kappa shape index (κ1) is 12.9. The van der Waals surface area contributed by atoms with Crippen molar-refractivity contribution in [1.82, 2.24) is 4.31 Å². The molecule has 0 saturated carbocycles. The number of nitro groups is 1. The Bertz CT molecular complexity index is 582. The van der Waals surface area contributed by atoms with Gasteiger partial charge in [-0.05, 0) is 18.9 Å². The normalized spacial score (nSPS) is 16.9. The molecule has 2 rings (SSSR count). The number of nitro benzene ring substituents is 1. The highest BCUT2D eigenvalue weighted by atomic mass is 32.2. The minimum Gasteiger partial charge on any atom is -0.258 e. The summed E-state index contributed by atoms with van der Waals surface area (Å²) in [4.78, 5) is 9.21. The molecule has 98 valence electrons. The Morgan fingerprint density at radius 3 is 2.44 bits per heavy atom. The lowest BCUT2D eigenvalue weighted by molar-refractivity contribution is -0.385. The minimum atomic E-state index is -3.97. The number of rotatable bonds is 3. The molecule has 1 aliphatic heterocycles. The zero-order valence-electron chi connectivity index (χ0n) is 9.37. The molecule has 0 aliphatic carbocycles. The lowest BCUT2D eigenvalue weighted by Crippen LogP contribution is -2.28. The number of nitrogens with zero attached hydrogens (tertiary/aromatic N) is 2. The number of halogens is 1. The van der Waals surface area contributed by atoms with Crippen molar-refractivity contribution in [2.24, 2.45) is 0 Å². The molecule has 1 fully saturated rings. The Hall–Kier alpha value is -1.54. The van der Waals surface area contributed by atoms with Gasteiger partial charge in [0.25, 0.3) is 5.69 Å². The fourth-order valence-corrected chi connectivity index (χ4v) is 3.47. The summed E-state index contributed by atoms with van der Waals surface area (Å²) in [5, 5.41) is 10.6. The Balaban J connectivity index is 2.49. The molecule has 1 aliphatic rings. The smallest absolute Gasteiger partial charge is 0.258 e. The van der Waals surface area contributed by atoms with E-state index >= 15 is 0 Å². The first-order chi connectivity index (χ1) is 8.43. The van der Waals surface area contributed by atoms with Crippen LogP contribution >= 0.6 is 0 Å². The van der Waals surface area contributed by atoms with Gasteiger partial charge in [0.15, 0.2) is 0 Å². The van der Waals surface area contributed by atoms with Crippen LogP contribution in [0.1, 0.15) is 12.8 Å². The number of hydrogen-bond donors (Lipinski definition) is 0. The Kier molecular flexibility index (Phi) is 3.31. The highest BCUT2D eigenvalue weighted by molar-refractivity contribution is 7.89. The summed E-state index contributed by atoms with van der Waals surface area (Å²) in [5.74, 6) is -0.965. The van der Waals surface area contributed by atoms with E-state index in [2.05, 4.69) is 0 Å². The second-order valence-electron chi connectivity index (χ2n) is 3.98. The van der Waals surface area contributed by atoms with Crippen LogP contribution in [0.4, 0.5) is 10.1 Å². The van der Waals surface area contributed by atoms with E-state index in [9.17, 15) is 22.9 Å². The van der Waals surface area contributed by atoms with Gasteiger partial charge >= 0.3 is 0 Å². The maximum atomic E-state index is 13.6. The molecule has 1 heterocycles. The van der Waals surface area contributed by atoms with Gasteiger partial charge in [-0.15, -0.1) is 0 Å². The molecule has 1 aromatic carbocycles. The molecule has 18 heavy (non-hydrogen) atoms. The molecule has 6 nitrogen and oxygen atoms in total. The summed E-state index contributed by atoms with van der Waals surface area (Å²) < 4.78 is 38.9. The average Bonchev–Trinajstić information content (AvgIpc) is 2.82. The Morgan fingerprint density at radius 1 is 1.28 bits per heavy atom. The van der Waals surface area contributed by atoms with E-state index in [1.807, 2.05) is 0 Å². The van der Waals surface area contributed by atoms with Crippen LogP contribution in [-0.4, -0.2) is 30.7 Å². The van der Waals surface area contributed by atoms with Gasteiger partial charge in [-0.2, -0.15) is 4.31 Å². The summed E-state index contributed by atoms with van der Waals surface area (Å²) >= 11 is 0. The molecule has 0 N–H and O–H groups in total. The van der Waals surface area contributed by atoms with Gasteiger partial charge in [-0.3, -0.25) is 10.1 Å². The van der Waals surface area contributed by atoms with Crippen molar-refractivity contribution < 1.29 is 17.7 Å². The molecule has 0 bridgehead atoms. The van der Waals surface area contributed by atoms with Crippen molar-refractivity contribution in [3.63, 3.8) is 0 Å². The summed E-state index contributed by atoms with van der Waals surface area (Å²) in [7, 11) is -3.97. The molecule has 0 radical (unpaired) electrons.